The Labute approximate surface area is 73.3 Å². The van der Waals surface area contributed by atoms with Crippen molar-refractivity contribution in [3.8, 4) is 5.75 Å². The first-order valence-corrected chi connectivity index (χ1v) is 4.32. The van der Waals surface area contributed by atoms with Gasteiger partial charge in [-0.15, -0.1) is 0 Å². The van der Waals surface area contributed by atoms with Crippen molar-refractivity contribution >= 4 is 15.9 Å². The van der Waals surface area contributed by atoms with Crippen molar-refractivity contribution in [3.63, 3.8) is 0 Å². The summed E-state index contributed by atoms with van der Waals surface area (Å²) in [5, 5.41) is 0.808. The van der Waals surface area contributed by atoms with Gasteiger partial charge in [-0.1, -0.05) is 28.1 Å². The summed E-state index contributed by atoms with van der Waals surface area (Å²) in [4.78, 5) is 0. The van der Waals surface area contributed by atoms with E-state index in [4.69, 9.17) is 0 Å². The lowest BCUT2D eigenvalue weighted by molar-refractivity contribution is 0.192. The van der Waals surface area contributed by atoms with E-state index in [0.717, 1.165) is 10.9 Å². The topological polar surface area (TPSA) is 9.23 Å². The number of alkyl halides is 2. The molecule has 60 valence electrons. The van der Waals surface area contributed by atoms with Crippen LogP contribution in [0.25, 0.3) is 0 Å². The van der Waals surface area contributed by atoms with Crippen molar-refractivity contribution in [2.75, 3.05) is 6.86 Å². The molecule has 0 aliphatic rings. The normalized spacial score (nSPS) is 9.64. The van der Waals surface area contributed by atoms with E-state index < -0.39 is 6.86 Å². The van der Waals surface area contributed by atoms with Gasteiger partial charge < -0.3 is 4.74 Å². The molecule has 1 nitrogen and oxygen atoms in total. The third-order valence-electron chi connectivity index (χ3n) is 1.30. The van der Waals surface area contributed by atoms with Crippen molar-refractivity contribution in [2.45, 2.75) is 5.33 Å². The van der Waals surface area contributed by atoms with Crippen LogP contribution in [0.3, 0.4) is 0 Å². The predicted molar refractivity (Wildman–Crippen MR) is 45.7 cm³/mol. The van der Waals surface area contributed by atoms with Gasteiger partial charge in [-0.25, -0.2) is 4.39 Å². The molecular weight excluding hydrogens is 211 g/mol. The van der Waals surface area contributed by atoms with E-state index in [2.05, 4.69) is 20.7 Å². The van der Waals surface area contributed by atoms with Crippen molar-refractivity contribution < 1.29 is 9.13 Å². The molecule has 0 spiro atoms. The Hall–Kier alpha value is -0.570. The number of hydrogen-bond donors (Lipinski definition) is 0. The molecule has 0 heterocycles. The van der Waals surface area contributed by atoms with Gasteiger partial charge in [-0.05, 0) is 17.7 Å². The predicted octanol–water partition coefficient (Wildman–Crippen LogP) is 2.89. The van der Waals surface area contributed by atoms with Crippen molar-refractivity contribution in [3.05, 3.63) is 29.8 Å². The molecule has 0 aromatic heterocycles. The van der Waals surface area contributed by atoms with Crippen LogP contribution in [0, 0.1) is 0 Å². The monoisotopic (exact) mass is 218 g/mol. The zero-order valence-electron chi connectivity index (χ0n) is 5.89. The van der Waals surface area contributed by atoms with Crippen LogP contribution in [0.4, 0.5) is 4.39 Å². The number of halogens is 2. The van der Waals surface area contributed by atoms with E-state index in [0.29, 0.717) is 5.75 Å². The zero-order chi connectivity index (χ0) is 8.10. The summed E-state index contributed by atoms with van der Waals surface area (Å²) in [6.45, 7) is -0.770. The summed E-state index contributed by atoms with van der Waals surface area (Å²) in [7, 11) is 0. The lowest BCUT2D eigenvalue weighted by atomic mass is 10.2. The first-order chi connectivity index (χ1) is 5.36. The third kappa shape index (κ3) is 2.50. The quantitative estimate of drug-likeness (QED) is 0.710. The summed E-state index contributed by atoms with van der Waals surface area (Å²) in [6.07, 6.45) is 0. The fraction of sp³-hybridized carbons (Fsp3) is 0.250. The van der Waals surface area contributed by atoms with E-state index in [9.17, 15) is 4.39 Å². The minimum atomic E-state index is -0.770. The van der Waals surface area contributed by atoms with Gasteiger partial charge in [-0.2, -0.15) is 0 Å². The maximum absolute atomic E-state index is 11.6. The van der Waals surface area contributed by atoms with E-state index in [1.54, 1.807) is 12.1 Å². The zero-order valence-corrected chi connectivity index (χ0v) is 7.47. The molecule has 0 saturated heterocycles. The van der Waals surface area contributed by atoms with Crippen LogP contribution in [0.2, 0.25) is 0 Å². The Morgan fingerprint density at radius 3 is 2.36 bits per heavy atom. The smallest absolute Gasteiger partial charge is 0.228 e. The van der Waals surface area contributed by atoms with Gasteiger partial charge in [-0.3, -0.25) is 0 Å². The molecule has 0 fully saturated rings. The molecule has 0 atom stereocenters. The van der Waals surface area contributed by atoms with Crippen molar-refractivity contribution in [2.24, 2.45) is 0 Å². The summed E-state index contributed by atoms with van der Waals surface area (Å²) in [5.41, 5.74) is 1.15. The second-order valence-corrected chi connectivity index (χ2v) is 2.59. The molecule has 0 aliphatic carbocycles. The molecule has 0 saturated carbocycles. The molecule has 0 radical (unpaired) electrons. The van der Waals surface area contributed by atoms with E-state index in [-0.39, 0.29) is 0 Å². The molecule has 0 N–H and O–H groups in total. The average Bonchev–Trinajstić information content (AvgIpc) is 2.07. The van der Waals surface area contributed by atoms with Crippen LogP contribution < -0.4 is 4.74 Å². The highest BCUT2D eigenvalue weighted by atomic mass is 79.9. The number of benzene rings is 1. The van der Waals surface area contributed by atoms with Gasteiger partial charge in [0.15, 0.2) is 0 Å². The van der Waals surface area contributed by atoms with Gasteiger partial charge >= 0.3 is 0 Å². The van der Waals surface area contributed by atoms with Crippen molar-refractivity contribution in [1.82, 2.24) is 0 Å². The Bertz CT molecular complexity index is 210. The molecule has 1 rings (SSSR count). The molecule has 0 amide bonds. The molecule has 0 aliphatic heterocycles. The molecule has 1 aromatic rings. The van der Waals surface area contributed by atoms with Gasteiger partial charge in [0.1, 0.15) is 5.75 Å². The Kier molecular flexibility index (Phi) is 3.36. The highest BCUT2D eigenvalue weighted by molar-refractivity contribution is 9.08. The highest BCUT2D eigenvalue weighted by Gasteiger charge is 1.92. The first-order valence-electron chi connectivity index (χ1n) is 3.20. The van der Waals surface area contributed by atoms with E-state index in [1.807, 2.05) is 12.1 Å². The van der Waals surface area contributed by atoms with E-state index >= 15 is 0 Å². The Morgan fingerprint density at radius 1 is 1.27 bits per heavy atom. The van der Waals surface area contributed by atoms with Crippen LogP contribution in [-0.4, -0.2) is 6.86 Å². The Balaban J connectivity index is 2.66. The largest absolute Gasteiger partial charge is 0.463 e. The van der Waals surface area contributed by atoms with Crippen LogP contribution in [-0.2, 0) is 5.33 Å². The maximum Gasteiger partial charge on any atom is 0.228 e. The fourth-order valence-corrected chi connectivity index (χ4v) is 1.11. The molecule has 0 unspecified atom stereocenters. The average molecular weight is 219 g/mol. The number of ether oxygens (including phenoxy) is 1. The van der Waals surface area contributed by atoms with Crippen molar-refractivity contribution in [1.29, 1.82) is 0 Å². The minimum absolute atomic E-state index is 0.567. The second-order valence-electron chi connectivity index (χ2n) is 2.03. The van der Waals surface area contributed by atoms with E-state index in [1.165, 1.54) is 0 Å². The highest BCUT2D eigenvalue weighted by Crippen LogP contribution is 2.13. The molecular formula is C8H8BrFO. The molecule has 0 bridgehead atoms. The standard InChI is InChI=1S/C8H8BrFO/c9-5-7-1-3-8(4-2-7)11-6-10/h1-4H,5-6H2. The summed E-state index contributed by atoms with van der Waals surface area (Å²) in [5.74, 6) is 0.567. The van der Waals surface area contributed by atoms with Gasteiger partial charge in [0.05, 0.1) is 0 Å². The minimum Gasteiger partial charge on any atom is -0.463 e. The summed E-state index contributed by atoms with van der Waals surface area (Å²) in [6, 6.07) is 7.27. The van der Waals surface area contributed by atoms with Gasteiger partial charge in [0.25, 0.3) is 0 Å². The van der Waals surface area contributed by atoms with Crippen LogP contribution in [0.15, 0.2) is 24.3 Å². The second kappa shape index (κ2) is 4.34. The lowest BCUT2D eigenvalue weighted by Gasteiger charge is -2.00. The van der Waals surface area contributed by atoms with Gasteiger partial charge in [0, 0.05) is 5.33 Å². The first kappa shape index (κ1) is 8.53. The fourth-order valence-electron chi connectivity index (χ4n) is 0.738. The Morgan fingerprint density at radius 2 is 1.91 bits per heavy atom. The van der Waals surface area contributed by atoms with Crippen LogP contribution in [0.1, 0.15) is 5.56 Å². The molecule has 11 heavy (non-hydrogen) atoms. The molecule has 3 heteroatoms. The van der Waals surface area contributed by atoms with Crippen LogP contribution >= 0.6 is 15.9 Å². The number of hydrogen-bond acceptors (Lipinski definition) is 1. The third-order valence-corrected chi connectivity index (χ3v) is 1.95. The summed E-state index contributed by atoms with van der Waals surface area (Å²) < 4.78 is 16.3. The maximum atomic E-state index is 11.6. The number of rotatable bonds is 3. The molecule has 1 aromatic carbocycles. The SMILES string of the molecule is FCOc1ccc(CBr)cc1. The lowest BCUT2D eigenvalue weighted by Crippen LogP contribution is -1.89. The van der Waals surface area contributed by atoms with Gasteiger partial charge in [0.2, 0.25) is 6.86 Å². The summed E-state index contributed by atoms with van der Waals surface area (Å²) >= 11 is 3.31. The van der Waals surface area contributed by atoms with Crippen LogP contribution in [0.5, 0.6) is 5.75 Å².